The van der Waals surface area contributed by atoms with Gasteiger partial charge in [0, 0.05) is 18.1 Å². The number of hydrazine groups is 1. The van der Waals surface area contributed by atoms with Crippen LogP contribution in [0.3, 0.4) is 0 Å². The van der Waals surface area contributed by atoms with Gasteiger partial charge in [0.2, 0.25) is 0 Å². The number of carbonyl (C=O) groups is 1. The number of carbonyl (C=O) groups excluding carboxylic acids is 1. The summed E-state index contributed by atoms with van der Waals surface area (Å²) in [5, 5.41) is 1.94. The lowest BCUT2D eigenvalue weighted by molar-refractivity contribution is 0.0931. The van der Waals surface area contributed by atoms with Gasteiger partial charge in [0.1, 0.15) is 0 Å². The van der Waals surface area contributed by atoms with Crippen LogP contribution in [0.25, 0.3) is 0 Å². The number of benzene rings is 1. The van der Waals surface area contributed by atoms with Crippen molar-refractivity contribution in [2.45, 2.75) is 30.6 Å². The first kappa shape index (κ1) is 16.1. The lowest BCUT2D eigenvalue weighted by Gasteiger charge is -2.31. The average molecular weight is 332 g/mol. The monoisotopic (exact) mass is 331 g/mol. The van der Waals surface area contributed by atoms with Crippen LogP contribution in [0.4, 0.5) is 4.79 Å². The molecule has 0 bridgehead atoms. The fourth-order valence-corrected chi connectivity index (χ4v) is 3.86. The molecule has 0 radical (unpaired) electrons. The second kappa shape index (κ2) is 6.64. The minimum absolute atomic E-state index is 0.00468. The van der Waals surface area contributed by atoms with E-state index in [1.54, 1.807) is 0 Å². The number of nitrogens with two attached hydrogens (primary N) is 1. The molecule has 1 heterocycles. The molecule has 0 saturated carbocycles. The van der Waals surface area contributed by atoms with Crippen LogP contribution in [0, 0.1) is 0 Å². The van der Waals surface area contributed by atoms with Crippen molar-refractivity contribution in [3.63, 3.8) is 0 Å². The lowest BCUT2D eigenvalue weighted by atomic mass is 10.2. The summed E-state index contributed by atoms with van der Waals surface area (Å²) in [7, 11) is -4.01. The Balaban J connectivity index is 2.36. The van der Waals surface area contributed by atoms with Gasteiger partial charge in [-0.1, -0.05) is 24.4 Å². The third kappa shape index (κ3) is 3.66. The molecule has 0 atom stereocenters. The predicted molar refractivity (Wildman–Crippen MR) is 80.1 cm³/mol. The Kier molecular flexibility index (Phi) is 5.08. The topological polar surface area (TPSA) is 83.7 Å². The second-order valence-electron chi connectivity index (χ2n) is 4.91. The van der Waals surface area contributed by atoms with Crippen molar-refractivity contribution in [3.8, 4) is 0 Å². The molecule has 1 fully saturated rings. The van der Waals surface area contributed by atoms with Gasteiger partial charge in [-0.15, -0.1) is 4.41 Å². The number of hydrogen-bond acceptors (Lipinski definition) is 4. The van der Waals surface area contributed by atoms with Crippen molar-refractivity contribution in [3.05, 3.63) is 29.3 Å². The molecule has 1 saturated heterocycles. The Morgan fingerprint density at radius 1 is 1.10 bits per heavy atom. The number of urea groups is 1. The summed E-state index contributed by atoms with van der Waals surface area (Å²) in [4.78, 5) is 11.7. The predicted octanol–water partition coefficient (Wildman–Crippen LogP) is 2.20. The molecule has 1 aromatic rings. The van der Waals surface area contributed by atoms with E-state index >= 15 is 0 Å². The summed E-state index contributed by atoms with van der Waals surface area (Å²) in [5.74, 6) is 0. The van der Waals surface area contributed by atoms with Crippen molar-refractivity contribution < 1.29 is 13.2 Å². The summed E-state index contributed by atoms with van der Waals surface area (Å²) in [6, 6.07) is 4.68. The van der Waals surface area contributed by atoms with E-state index in [9.17, 15) is 13.2 Å². The highest BCUT2D eigenvalue weighted by Gasteiger charge is 2.33. The third-order valence-electron chi connectivity index (χ3n) is 3.37. The number of nitrogens with zero attached hydrogens (tertiary/aromatic N) is 2. The molecule has 0 aromatic heterocycles. The molecule has 1 aliphatic heterocycles. The number of amides is 2. The van der Waals surface area contributed by atoms with Crippen LogP contribution < -0.4 is 5.73 Å². The first-order valence-electron chi connectivity index (χ1n) is 6.78. The van der Waals surface area contributed by atoms with Crippen LogP contribution >= 0.6 is 11.6 Å². The van der Waals surface area contributed by atoms with E-state index < -0.39 is 16.1 Å². The molecule has 116 valence electrons. The summed E-state index contributed by atoms with van der Waals surface area (Å²) < 4.78 is 26.0. The zero-order chi connectivity index (χ0) is 15.5. The summed E-state index contributed by atoms with van der Waals surface area (Å²) in [5.41, 5.74) is 5.31. The Bertz CT molecular complexity index is 596. The first-order chi connectivity index (χ1) is 9.93. The second-order valence-corrected chi connectivity index (χ2v) is 7.11. The van der Waals surface area contributed by atoms with E-state index in [2.05, 4.69) is 0 Å². The number of hydrogen-bond donors (Lipinski definition) is 1. The number of rotatable bonds is 3. The fourth-order valence-electron chi connectivity index (χ4n) is 2.35. The molecule has 21 heavy (non-hydrogen) atoms. The van der Waals surface area contributed by atoms with Crippen molar-refractivity contribution in [1.82, 2.24) is 9.42 Å². The first-order valence-corrected chi connectivity index (χ1v) is 8.60. The van der Waals surface area contributed by atoms with E-state index in [4.69, 9.17) is 17.3 Å². The summed E-state index contributed by atoms with van der Waals surface area (Å²) in [6.45, 7) is 0.992. The Labute approximate surface area is 129 Å². The van der Waals surface area contributed by atoms with Gasteiger partial charge >= 0.3 is 6.03 Å². The zero-order valence-electron chi connectivity index (χ0n) is 11.5. The molecule has 2 amide bonds. The Morgan fingerprint density at radius 3 is 2.10 bits per heavy atom. The molecule has 1 aromatic carbocycles. The normalized spacial score (nSPS) is 17.2. The minimum Gasteiger partial charge on any atom is -0.349 e. The maximum Gasteiger partial charge on any atom is 0.343 e. The SMILES string of the molecule is NC(=O)N(N1CCCCCC1)S(=O)(=O)c1ccc(Cl)cc1. The maximum absolute atomic E-state index is 12.6. The lowest BCUT2D eigenvalue weighted by Crippen LogP contribution is -2.52. The van der Waals surface area contributed by atoms with Crippen LogP contribution in [0.2, 0.25) is 5.02 Å². The molecular formula is C13H18ClN3O3S. The van der Waals surface area contributed by atoms with Crippen molar-refractivity contribution in [1.29, 1.82) is 0 Å². The van der Waals surface area contributed by atoms with Gasteiger partial charge in [0.25, 0.3) is 10.0 Å². The molecule has 0 spiro atoms. The molecule has 1 aliphatic rings. The van der Waals surface area contributed by atoms with E-state index in [1.165, 1.54) is 29.3 Å². The summed E-state index contributed by atoms with van der Waals surface area (Å²) >= 11 is 5.76. The largest absolute Gasteiger partial charge is 0.349 e. The van der Waals surface area contributed by atoms with E-state index in [1.807, 2.05) is 0 Å². The van der Waals surface area contributed by atoms with Crippen molar-refractivity contribution >= 4 is 27.7 Å². The zero-order valence-corrected chi connectivity index (χ0v) is 13.1. The van der Waals surface area contributed by atoms with Gasteiger partial charge in [-0.2, -0.15) is 8.42 Å². The van der Waals surface area contributed by atoms with Crippen LogP contribution in [-0.2, 0) is 10.0 Å². The smallest absolute Gasteiger partial charge is 0.343 e. The number of sulfonamides is 1. The highest BCUT2D eigenvalue weighted by atomic mass is 35.5. The van der Waals surface area contributed by atoms with E-state index in [0.29, 0.717) is 22.5 Å². The van der Waals surface area contributed by atoms with Gasteiger partial charge in [0.05, 0.1) is 4.90 Å². The summed E-state index contributed by atoms with van der Waals surface area (Å²) in [6.07, 6.45) is 3.70. The number of primary amides is 1. The molecular weight excluding hydrogens is 314 g/mol. The Hall–Kier alpha value is -1.31. The Morgan fingerprint density at radius 2 is 1.62 bits per heavy atom. The van der Waals surface area contributed by atoms with Crippen LogP contribution in [0.5, 0.6) is 0 Å². The molecule has 0 aliphatic carbocycles. The minimum atomic E-state index is -4.01. The highest BCUT2D eigenvalue weighted by molar-refractivity contribution is 7.89. The maximum atomic E-state index is 12.6. The van der Waals surface area contributed by atoms with Crippen LogP contribution in [0.15, 0.2) is 29.2 Å². The van der Waals surface area contributed by atoms with Gasteiger partial charge < -0.3 is 5.73 Å². The van der Waals surface area contributed by atoms with Crippen molar-refractivity contribution in [2.24, 2.45) is 5.73 Å². The van der Waals surface area contributed by atoms with Gasteiger partial charge in [-0.05, 0) is 37.1 Å². The number of halogens is 1. The fraction of sp³-hybridized carbons (Fsp3) is 0.462. The van der Waals surface area contributed by atoms with Crippen LogP contribution in [0.1, 0.15) is 25.7 Å². The molecule has 8 heteroatoms. The van der Waals surface area contributed by atoms with Gasteiger partial charge in [-0.3, -0.25) is 0 Å². The molecule has 0 unspecified atom stereocenters. The highest BCUT2D eigenvalue weighted by Crippen LogP contribution is 2.22. The van der Waals surface area contributed by atoms with Gasteiger partial charge in [-0.25, -0.2) is 9.80 Å². The molecule has 2 rings (SSSR count). The quantitative estimate of drug-likeness (QED) is 0.920. The molecule has 2 N–H and O–H groups in total. The average Bonchev–Trinajstić information content (AvgIpc) is 2.67. The van der Waals surface area contributed by atoms with Gasteiger partial charge in [0.15, 0.2) is 0 Å². The van der Waals surface area contributed by atoms with Crippen molar-refractivity contribution in [2.75, 3.05) is 13.1 Å². The van der Waals surface area contributed by atoms with Crippen LogP contribution in [-0.4, -0.2) is 37.0 Å². The molecule has 6 nitrogen and oxygen atoms in total. The third-order valence-corrected chi connectivity index (χ3v) is 5.35. The standard InChI is InChI=1S/C13H18ClN3O3S/c14-11-5-7-12(8-6-11)21(19,20)17(13(15)18)16-9-3-1-2-4-10-16/h5-8H,1-4,9-10H2,(H2,15,18). The van der Waals surface area contributed by atoms with E-state index in [0.717, 1.165) is 25.7 Å². The van der Waals surface area contributed by atoms with E-state index in [-0.39, 0.29) is 4.90 Å².